The molecule has 0 bridgehead atoms. The summed E-state index contributed by atoms with van der Waals surface area (Å²) >= 11 is 1.06. The smallest absolute Gasteiger partial charge is 0.266 e. The lowest BCUT2D eigenvalue weighted by Gasteiger charge is -2.08. The summed E-state index contributed by atoms with van der Waals surface area (Å²) < 4.78 is 4.64. The Hall–Kier alpha value is -2.10. The number of hydrogen-bond acceptors (Lipinski definition) is 7. The molecule has 0 aliphatic rings. The Morgan fingerprint density at radius 2 is 1.17 bits per heavy atom. The van der Waals surface area contributed by atoms with Gasteiger partial charge in [0.25, 0.3) is 23.9 Å². The van der Waals surface area contributed by atoms with Crippen molar-refractivity contribution in [3.8, 4) is 0 Å². The van der Waals surface area contributed by atoms with Gasteiger partial charge in [0.1, 0.15) is 8.66 Å². The van der Waals surface area contributed by atoms with E-state index in [1.807, 2.05) is 0 Å². The number of rotatable bonds is 8. The minimum absolute atomic E-state index is 0.189. The van der Waals surface area contributed by atoms with Crippen molar-refractivity contribution in [2.75, 3.05) is 0 Å². The topological polar surface area (TPSA) is 95.5 Å². The van der Waals surface area contributed by atoms with E-state index in [1.54, 1.807) is 48.5 Å². The molecule has 0 N–H and O–H groups in total. The van der Waals surface area contributed by atoms with E-state index in [4.69, 9.17) is 4.74 Å². The van der Waals surface area contributed by atoms with Crippen LogP contribution in [0.3, 0.4) is 0 Å². The van der Waals surface area contributed by atoms with Crippen LogP contribution in [0.15, 0.2) is 58.3 Å². The summed E-state index contributed by atoms with van der Waals surface area (Å²) in [6.07, 6.45) is 0. The number of benzene rings is 2. The first-order chi connectivity index (χ1) is 11.1. The fourth-order valence-electron chi connectivity index (χ4n) is 1.86. The van der Waals surface area contributed by atoms with Gasteiger partial charge in [-0.3, -0.25) is 20.2 Å². The number of hydrogen-bond donors (Lipinski definition) is 0. The van der Waals surface area contributed by atoms with Crippen LogP contribution in [0, 0.1) is 20.2 Å². The minimum atomic E-state index is -0.470. The zero-order chi connectivity index (χ0) is 16.7. The molecule has 0 atom stereocenters. The molecule has 0 saturated heterocycles. The van der Waals surface area contributed by atoms with Crippen molar-refractivity contribution in [2.45, 2.75) is 23.0 Å². The third-order valence-electron chi connectivity index (χ3n) is 2.81. The van der Waals surface area contributed by atoms with E-state index in [-0.39, 0.29) is 13.2 Å². The van der Waals surface area contributed by atoms with E-state index in [0.29, 0.717) is 44.8 Å². The van der Waals surface area contributed by atoms with Crippen molar-refractivity contribution in [3.63, 3.8) is 0 Å². The molecule has 0 amide bonds. The Bertz CT molecular complexity index is 652. The van der Waals surface area contributed by atoms with Crippen molar-refractivity contribution in [1.82, 2.24) is 0 Å². The van der Waals surface area contributed by atoms with Gasteiger partial charge >= 0.3 is 0 Å². The molecular formula is C14H12N2O5S2. The molecule has 0 fully saturated rings. The molecule has 9 heteroatoms. The van der Waals surface area contributed by atoms with Gasteiger partial charge in [-0.05, 0) is 23.3 Å². The molecule has 0 spiro atoms. The van der Waals surface area contributed by atoms with Gasteiger partial charge in [-0.25, -0.2) is 0 Å². The Kier molecular flexibility index (Phi) is 6.39. The largest absolute Gasteiger partial charge is 0.372 e. The van der Waals surface area contributed by atoms with Crippen LogP contribution < -0.4 is 0 Å². The normalized spacial score (nSPS) is 10.4. The summed E-state index contributed by atoms with van der Waals surface area (Å²) in [6.45, 7) is 0.378. The van der Waals surface area contributed by atoms with E-state index >= 15 is 0 Å². The third kappa shape index (κ3) is 5.55. The van der Waals surface area contributed by atoms with Gasteiger partial charge in [0.05, 0.1) is 23.0 Å². The van der Waals surface area contributed by atoms with Crippen LogP contribution in [0.1, 0.15) is 11.1 Å². The molecule has 120 valence electrons. The molecular weight excluding hydrogens is 340 g/mol. The summed E-state index contributed by atoms with van der Waals surface area (Å²) in [7, 11) is 0. The van der Waals surface area contributed by atoms with Crippen LogP contribution in [0.25, 0.3) is 0 Å². The highest BCUT2D eigenvalue weighted by atomic mass is 32.2. The summed E-state index contributed by atoms with van der Waals surface area (Å²) in [5, 5.41) is 21.2. The average molecular weight is 352 g/mol. The molecule has 0 unspecified atom stereocenters. The molecule has 23 heavy (non-hydrogen) atoms. The maximum atomic E-state index is 10.6. The van der Waals surface area contributed by atoms with E-state index < -0.39 is 8.66 Å². The Morgan fingerprint density at radius 1 is 0.783 bits per heavy atom. The lowest BCUT2D eigenvalue weighted by Crippen LogP contribution is -1.99. The molecule has 2 aromatic carbocycles. The second-order valence-electron chi connectivity index (χ2n) is 4.34. The van der Waals surface area contributed by atoms with Crippen LogP contribution in [0.2, 0.25) is 0 Å². The molecule has 2 rings (SSSR count). The summed E-state index contributed by atoms with van der Waals surface area (Å²) in [5.41, 5.74) is 1.40. The molecule has 0 heterocycles. The predicted molar refractivity (Wildman–Crippen MR) is 87.1 cm³/mol. The average Bonchev–Trinajstić information content (AvgIpc) is 2.49. The summed E-state index contributed by atoms with van der Waals surface area (Å²) in [6, 6.07) is 13.8. The van der Waals surface area contributed by atoms with Gasteiger partial charge in [-0.15, -0.1) is 0 Å². The Balaban J connectivity index is 2.01. The van der Waals surface area contributed by atoms with Crippen LogP contribution in [0.4, 0.5) is 0 Å². The monoisotopic (exact) mass is 352 g/mol. The van der Waals surface area contributed by atoms with Crippen molar-refractivity contribution in [2.24, 2.45) is 0 Å². The van der Waals surface area contributed by atoms with E-state index in [9.17, 15) is 20.2 Å². The SMILES string of the molecule is O=[N+]([O-])Sc1ccccc1COCc1ccccc1S[N+](=O)[O-]. The quantitative estimate of drug-likeness (QED) is 0.403. The molecule has 2 aromatic rings. The van der Waals surface area contributed by atoms with Gasteiger partial charge in [0.15, 0.2) is 0 Å². The van der Waals surface area contributed by atoms with Crippen molar-refractivity contribution < 1.29 is 13.4 Å². The van der Waals surface area contributed by atoms with Gasteiger partial charge < -0.3 is 4.74 Å². The molecule has 0 radical (unpaired) electrons. The molecule has 0 aliphatic heterocycles. The lowest BCUT2D eigenvalue weighted by atomic mass is 10.2. The van der Waals surface area contributed by atoms with Crippen molar-refractivity contribution >= 4 is 23.9 Å². The second-order valence-corrected chi connectivity index (χ2v) is 6.18. The zero-order valence-electron chi connectivity index (χ0n) is 11.8. The third-order valence-corrected chi connectivity index (χ3v) is 4.29. The molecule has 0 saturated carbocycles. The van der Waals surface area contributed by atoms with Crippen LogP contribution in [0.5, 0.6) is 0 Å². The number of nitro groups is 2. The van der Waals surface area contributed by atoms with Crippen molar-refractivity contribution in [3.05, 3.63) is 79.9 Å². The zero-order valence-corrected chi connectivity index (χ0v) is 13.4. The van der Waals surface area contributed by atoms with Crippen LogP contribution >= 0.6 is 23.9 Å². The maximum absolute atomic E-state index is 10.6. The van der Waals surface area contributed by atoms with E-state index in [0.717, 1.165) is 0 Å². The first-order valence-corrected chi connectivity index (χ1v) is 7.99. The summed E-state index contributed by atoms with van der Waals surface area (Å²) in [5.74, 6) is 0. The number of ether oxygens (including phenoxy) is 1. The fraction of sp³-hybridized carbons (Fsp3) is 0.143. The second kappa shape index (κ2) is 8.51. The molecule has 0 aliphatic carbocycles. The highest BCUT2D eigenvalue weighted by molar-refractivity contribution is 7.93. The number of nitrogens with zero attached hydrogens (tertiary/aromatic N) is 2. The first kappa shape index (κ1) is 17.3. The van der Waals surface area contributed by atoms with E-state index in [1.165, 1.54) is 0 Å². The first-order valence-electron chi connectivity index (χ1n) is 6.44. The van der Waals surface area contributed by atoms with Crippen LogP contribution in [-0.4, -0.2) is 8.66 Å². The van der Waals surface area contributed by atoms with E-state index in [2.05, 4.69) is 0 Å². The highest BCUT2D eigenvalue weighted by Crippen LogP contribution is 2.26. The maximum Gasteiger partial charge on any atom is 0.266 e. The van der Waals surface area contributed by atoms with Gasteiger partial charge in [0, 0.05) is 0 Å². The lowest BCUT2D eigenvalue weighted by molar-refractivity contribution is -0.284. The Labute approximate surface area is 140 Å². The highest BCUT2D eigenvalue weighted by Gasteiger charge is 2.13. The Morgan fingerprint density at radius 3 is 1.57 bits per heavy atom. The standard InChI is InChI=1S/C14H12N2O5S2/c17-15(18)22-13-7-3-1-5-11(13)9-21-10-12-6-2-4-8-14(12)23-16(19)20/h1-8H,9-10H2. The van der Waals surface area contributed by atoms with Gasteiger partial charge in [-0.1, -0.05) is 36.4 Å². The van der Waals surface area contributed by atoms with Crippen molar-refractivity contribution in [1.29, 1.82) is 0 Å². The fourth-order valence-corrected chi connectivity index (χ4v) is 2.94. The van der Waals surface area contributed by atoms with Gasteiger partial charge in [-0.2, -0.15) is 0 Å². The molecule has 0 aromatic heterocycles. The summed E-state index contributed by atoms with van der Waals surface area (Å²) in [4.78, 5) is 22.3. The van der Waals surface area contributed by atoms with Crippen LogP contribution in [-0.2, 0) is 18.0 Å². The molecule has 7 nitrogen and oxygen atoms in total. The minimum Gasteiger partial charge on any atom is -0.372 e. The predicted octanol–water partition coefficient (Wildman–Crippen LogP) is 3.97. The van der Waals surface area contributed by atoms with Gasteiger partial charge in [0.2, 0.25) is 0 Å².